The van der Waals surface area contributed by atoms with E-state index in [1.165, 1.54) is 0 Å². The van der Waals surface area contributed by atoms with Crippen LogP contribution >= 0.6 is 0 Å². The van der Waals surface area contributed by atoms with Crippen LogP contribution in [0.25, 0.3) is 0 Å². The molecule has 0 N–H and O–H groups in total. The lowest BCUT2D eigenvalue weighted by Gasteiger charge is -2.40. The Morgan fingerprint density at radius 1 is 0.944 bits per heavy atom. The number of rotatable bonds is 4. The number of methoxy groups -OCH3 is 1. The lowest BCUT2D eigenvalue weighted by molar-refractivity contribution is 0.0266. The van der Waals surface area contributed by atoms with Crippen LogP contribution in [0, 0.1) is 0 Å². The molecule has 1 heterocycles. The molecule has 6 nitrogen and oxygen atoms in total. The SMILES string of the molecule is CCCN1CCCCCCN(C(=O)c2ccc(OC)cc2)[C@@H]2CCCC[C@@H]2Oc2ccccc2C1=O. The highest BCUT2D eigenvalue weighted by Crippen LogP contribution is 2.31. The summed E-state index contributed by atoms with van der Waals surface area (Å²) in [5.41, 5.74) is 1.30. The molecule has 1 fully saturated rings. The number of hydrogen-bond donors (Lipinski definition) is 0. The molecule has 2 atom stereocenters. The highest BCUT2D eigenvalue weighted by Gasteiger charge is 2.35. The van der Waals surface area contributed by atoms with Crippen LogP contribution in [0.1, 0.15) is 85.4 Å². The van der Waals surface area contributed by atoms with Crippen molar-refractivity contribution < 1.29 is 19.1 Å². The number of para-hydroxylation sites is 1. The Morgan fingerprint density at radius 2 is 1.67 bits per heavy atom. The van der Waals surface area contributed by atoms with Gasteiger partial charge in [0.25, 0.3) is 11.8 Å². The number of carbonyl (C=O) groups excluding carboxylic acids is 2. The van der Waals surface area contributed by atoms with Gasteiger partial charge in [-0.25, -0.2) is 0 Å². The minimum absolute atomic E-state index is 0.0220. The molecule has 0 unspecified atom stereocenters. The van der Waals surface area contributed by atoms with Crippen molar-refractivity contribution in [3.8, 4) is 11.5 Å². The van der Waals surface area contributed by atoms with E-state index in [9.17, 15) is 9.59 Å². The zero-order chi connectivity index (χ0) is 25.3. The van der Waals surface area contributed by atoms with Gasteiger partial charge in [-0.15, -0.1) is 0 Å². The van der Waals surface area contributed by atoms with Crippen molar-refractivity contribution in [1.82, 2.24) is 9.80 Å². The Bertz CT molecular complexity index is 1010. The molecule has 2 amide bonds. The lowest BCUT2D eigenvalue weighted by Crippen LogP contribution is -2.51. The Hall–Kier alpha value is -3.02. The van der Waals surface area contributed by atoms with E-state index >= 15 is 0 Å². The predicted molar refractivity (Wildman–Crippen MR) is 142 cm³/mol. The fraction of sp³-hybridized carbons (Fsp3) is 0.533. The molecule has 2 aromatic carbocycles. The molecule has 4 rings (SSSR count). The average molecular weight is 493 g/mol. The number of carbonyl (C=O) groups is 2. The number of benzene rings is 2. The van der Waals surface area contributed by atoms with E-state index in [0.29, 0.717) is 23.4 Å². The van der Waals surface area contributed by atoms with Gasteiger partial charge in [0, 0.05) is 25.2 Å². The molecular formula is C30H40N2O4. The monoisotopic (exact) mass is 492 g/mol. The largest absolute Gasteiger partial charge is 0.497 e. The number of hydrogen-bond acceptors (Lipinski definition) is 4. The van der Waals surface area contributed by atoms with Crippen molar-refractivity contribution >= 4 is 11.8 Å². The molecule has 6 heteroatoms. The van der Waals surface area contributed by atoms with Gasteiger partial charge in [-0.3, -0.25) is 9.59 Å². The highest BCUT2D eigenvalue weighted by molar-refractivity contribution is 5.97. The maximum absolute atomic E-state index is 13.8. The summed E-state index contributed by atoms with van der Waals surface area (Å²) in [4.78, 5) is 31.3. The Morgan fingerprint density at radius 3 is 2.42 bits per heavy atom. The lowest BCUT2D eigenvalue weighted by atomic mass is 9.90. The minimum atomic E-state index is -0.141. The topological polar surface area (TPSA) is 59.1 Å². The fourth-order valence-corrected chi connectivity index (χ4v) is 5.49. The van der Waals surface area contributed by atoms with E-state index in [-0.39, 0.29) is 24.0 Å². The molecule has 194 valence electrons. The molecule has 0 aromatic heterocycles. The summed E-state index contributed by atoms with van der Waals surface area (Å²) in [6, 6.07) is 15.0. The smallest absolute Gasteiger partial charge is 0.257 e. The number of amides is 2. The first kappa shape index (κ1) is 26.1. The van der Waals surface area contributed by atoms with Gasteiger partial charge < -0.3 is 19.3 Å². The first-order chi connectivity index (χ1) is 17.6. The van der Waals surface area contributed by atoms with Crippen molar-refractivity contribution in [2.24, 2.45) is 0 Å². The fourth-order valence-electron chi connectivity index (χ4n) is 5.49. The second-order valence-corrected chi connectivity index (χ2v) is 9.94. The van der Waals surface area contributed by atoms with E-state index in [4.69, 9.17) is 9.47 Å². The Balaban J connectivity index is 1.66. The average Bonchev–Trinajstić information content (AvgIpc) is 2.92. The normalized spacial score (nSPS) is 21.6. The van der Waals surface area contributed by atoms with Gasteiger partial charge in [-0.05, 0) is 74.9 Å². The molecule has 0 bridgehead atoms. The molecule has 36 heavy (non-hydrogen) atoms. The first-order valence-corrected chi connectivity index (χ1v) is 13.6. The van der Waals surface area contributed by atoms with E-state index in [1.807, 2.05) is 58.3 Å². The van der Waals surface area contributed by atoms with Crippen LogP contribution in [0.5, 0.6) is 11.5 Å². The number of fused-ring (bicyclic) bond motifs is 2. The van der Waals surface area contributed by atoms with Crippen molar-refractivity contribution in [1.29, 1.82) is 0 Å². The second-order valence-electron chi connectivity index (χ2n) is 9.94. The summed E-state index contributed by atoms with van der Waals surface area (Å²) in [6.45, 7) is 4.33. The van der Waals surface area contributed by atoms with Crippen molar-refractivity contribution in [3.05, 3.63) is 59.7 Å². The Kier molecular flexibility index (Phi) is 9.26. The molecule has 0 saturated heterocycles. The summed E-state index contributed by atoms with van der Waals surface area (Å²) in [7, 11) is 1.63. The molecule has 0 spiro atoms. The molecule has 2 aliphatic rings. The van der Waals surface area contributed by atoms with Gasteiger partial charge in [0.05, 0.1) is 18.7 Å². The van der Waals surface area contributed by atoms with E-state index in [1.54, 1.807) is 7.11 Å². The third-order valence-electron chi connectivity index (χ3n) is 7.42. The van der Waals surface area contributed by atoms with Crippen LogP contribution in [0.15, 0.2) is 48.5 Å². The van der Waals surface area contributed by atoms with Gasteiger partial charge in [0.1, 0.15) is 17.6 Å². The quantitative estimate of drug-likeness (QED) is 0.529. The van der Waals surface area contributed by atoms with Crippen LogP contribution in [0.2, 0.25) is 0 Å². The molecule has 0 radical (unpaired) electrons. The van der Waals surface area contributed by atoms with E-state index in [0.717, 1.165) is 76.6 Å². The van der Waals surface area contributed by atoms with E-state index < -0.39 is 0 Å². The molecule has 2 aromatic rings. The summed E-state index contributed by atoms with van der Waals surface area (Å²) in [5, 5.41) is 0. The van der Waals surface area contributed by atoms with Crippen molar-refractivity contribution in [2.75, 3.05) is 26.7 Å². The van der Waals surface area contributed by atoms with Crippen LogP contribution in [-0.4, -0.2) is 60.5 Å². The van der Waals surface area contributed by atoms with Gasteiger partial charge in [0.15, 0.2) is 0 Å². The van der Waals surface area contributed by atoms with Gasteiger partial charge >= 0.3 is 0 Å². The molecule has 1 aliphatic heterocycles. The standard InChI is InChI=1S/C30H40N2O4/c1-3-20-31-21-10-4-5-11-22-32(29(33)23-16-18-24(35-2)19-17-23)26-13-7-9-15-28(26)36-27-14-8-6-12-25(27)30(31)34/h6,8,12,14,16-19,26,28H,3-5,7,9-11,13,15,20-22H2,1-2H3/t26-,28+/m1/s1. The summed E-state index contributed by atoms with van der Waals surface area (Å²) in [6.07, 6.45) is 8.70. The number of nitrogens with zero attached hydrogens (tertiary/aromatic N) is 2. The van der Waals surface area contributed by atoms with Crippen LogP contribution in [0.3, 0.4) is 0 Å². The third-order valence-corrected chi connectivity index (χ3v) is 7.42. The van der Waals surface area contributed by atoms with Gasteiger partial charge in [-0.1, -0.05) is 38.3 Å². The highest BCUT2D eigenvalue weighted by atomic mass is 16.5. The van der Waals surface area contributed by atoms with Crippen LogP contribution in [0.4, 0.5) is 0 Å². The van der Waals surface area contributed by atoms with Crippen LogP contribution < -0.4 is 9.47 Å². The predicted octanol–water partition coefficient (Wildman–Crippen LogP) is 5.95. The molecular weight excluding hydrogens is 452 g/mol. The van der Waals surface area contributed by atoms with Gasteiger partial charge in [-0.2, -0.15) is 0 Å². The first-order valence-electron chi connectivity index (χ1n) is 13.6. The maximum Gasteiger partial charge on any atom is 0.257 e. The zero-order valence-electron chi connectivity index (χ0n) is 21.8. The number of ether oxygens (including phenoxy) is 2. The van der Waals surface area contributed by atoms with Crippen LogP contribution in [-0.2, 0) is 0 Å². The third kappa shape index (κ3) is 6.21. The van der Waals surface area contributed by atoms with Crippen molar-refractivity contribution in [3.63, 3.8) is 0 Å². The summed E-state index contributed by atoms with van der Waals surface area (Å²) >= 11 is 0. The Labute approximate surface area is 215 Å². The maximum atomic E-state index is 13.8. The minimum Gasteiger partial charge on any atom is -0.497 e. The molecule has 1 aliphatic carbocycles. The summed E-state index contributed by atoms with van der Waals surface area (Å²) in [5.74, 6) is 1.46. The summed E-state index contributed by atoms with van der Waals surface area (Å²) < 4.78 is 11.9. The second kappa shape index (κ2) is 12.8. The van der Waals surface area contributed by atoms with Crippen molar-refractivity contribution in [2.45, 2.75) is 76.9 Å². The van der Waals surface area contributed by atoms with E-state index in [2.05, 4.69) is 6.92 Å². The molecule has 1 saturated carbocycles. The zero-order valence-corrected chi connectivity index (χ0v) is 21.8. The van der Waals surface area contributed by atoms with Gasteiger partial charge in [0.2, 0.25) is 0 Å².